The maximum Gasteiger partial charge on any atom is 0.574 e. The highest BCUT2D eigenvalue weighted by Gasteiger charge is 2.40. The second-order valence-electron chi connectivity index (χ2n) is 3.81. The van der Waals surface area contributed by atoms with Crippen molar-refractivity contribution < 1.29 is 45.0 Å². The van der Waals surface area contributed by atoms with Crippen LogP contribution in [0.15, 0.2) is 6.07 Å². The van der Waals surface area contributed by atoms with E-state index >= 15 is 0 Å². The fourth-order valence-corrected chi connectivity index (χ4v) is 1.52. The van der Waals surface area contributed by atoms with Gasteiger partial charge in [-0.15, -0.1) is 13.2 Å². The van der Waals surface area contributed by atoms with Gasteiger partial charge >= 0.3 is 18.5 Å². The number of carbonyl (C=O) groups excluding carboxylic acids is 1. The van der Waals surface area contributed by atoms with Crippen molar-refractivity contribution in [2.75, 3.05) is 6.61 Å². The van der Waals surface area contributed by atoms with Crippen molar-refractivity contribution in [1.29, 1.82) is 0 Å². The predicted octanol–water partition coefficient (Wildman–Crippen LogP) is 3.24. The molecule has 11 heteroatoms. The Hall–Kier alpha value is -2.07. The molecule has 1 rings (SSSR count). The van der Waals surface area contributed by atoms with E-state index in [1.807, 2.05) is 0 Å². The predicted molar refractivity (Wildman–Crippen MR) is 56.2 cm³/mol. The van der Waals surface area contributed by atoms with E-state index in [0.717, 1.165) is 0 Å². The minimum atomic E-state index is -5.28. The Balaban J connectivity index is 3.30. The van der Waals surface area contributed by atoms with Crippen molar-refractivity contribution in [3.63, 3.8) is 0 Å². The van der Waals surface area contributed by atoms with E-state index in [9.17, 15) is 35.5 Å². The minimum absolute atomic E-state index is 0.167. The molecule has 0 atom stereocenters. The molecular weight excluding hydrogens is 327 g/mol. The Morgan fingerprint density at radius 3 is 2.27 bits per heavy atom. The first-order chi connectivity index (χ1) is 9.94. The molecule has 0 N–H and O–H groups in total. The van der Waals surface area contributed by atoms with Gasteiger partial charge in [0.25, 0.3) is 0 Å². The first-order valence-electron chi connectivity index (χ1n) is 5.62. The van der Waals surface area contributed by atoms with Gasteiger partial charge in [0.05, 0.1) is 13.0 Å². The van der Waals surface area contributed by atoms with Crippen LogP contribution in [0.25, 0.3) is 0 Å². The Morgan fingerprint density at radius 2 is 1.82 bits per heavy atom. The van der Waals surface area contributed by atoms with Gasteiger partial charge in [-0.05, 0) is 12.5 Å². The van der Waals surface area contributed by atoms with E-state index in [1.165, 1.54) is 6.92 Å². The number of nitrogens with zero attached hydrogens (tertiary/aromatic N) is 1. The highest BCUT2D eigenvalue weighted by molar-refractivity contribution is 5.73. The van der Waals surface area contributed by atoms with Crippen LogP contribution in [0.2, 0.25) is 0 Å². The molecule has 124 valence electrons. The highest BCUT2D eigenvalue weighted by atomic mass is 19.4. The molecule has 0 radical (unpaired) electrons. The largest absolute Gasteiger partial charge is 0.574 e. The summed E-state index contributed by atoms with van der Waals surface area (Å²) in [7, 11) is 0. The highest BCUT2D eigenvalue weighted by Crippen LogP contribution is 2.36. The summed E-state index contributed by atoms with van der Waals surface area (Å²) >= 11 is 0. The topological polar surface area (TPSA) is 48.4 Å². The molecule has 0 saturated carbocycles. The number of hydrogen-bond donors (Lipinski definition) is 0. The van der Waals surface area contributed by atoms with Gasteiger partial charge in [0.2, 0.25) is 11.8 Å². The van der Waals surface area contributed by atoms with Gasteiger partial charge in [0.1, 0.15) is 5.56 Å². The van der Waals surface area contributed by atoms with E-state index in [2.05, 4.69) is 14.5 Å². The molecule has 0 aliphatic rings. The SMILES string of the molecule is CCOC(=O)Cc1cc(OC(F)(F)F)nc(F)c1C(F)(F)F. The van der Waals surface area contributed by atoms with Crippen molar-refractivity contribution in [3.8, 4) is 5.88 Å². The van der Waals surface area contributed by atoms with Gasteiger partial charge in [0, 0.05) is 6.07 Å². The first-order valence-corrected chi connectivity index (χ1v) is 5.62. The Morgan fingerprint density at radius 1 is 1.23 bits per heavy atom. The van der Waals surface area contributed by atoms with Crippen molar-refractivity contribution in [2.24, 2.45) is 0 Å². The van der Waals surface area contributed by atoms with E-state index in [4.69, 9.17) is 0 Å². The van der Waals surface area contributed by atoms with Crippen LogP contribution in [0.4, 0.5) is 30.7 Å². The molecule has 0 bridgehead atoms. The summed E-state index contributed by atoms with van der Waals surface area (Å²) in [4.78, 5) is 13.7. The van der Waals surface area contributed by atoms with Crippen molar-refractivity contribution in [2.45, 2.75) is 25.9 Å². The molecular formula is C11H8F7NO3. The molecule has 0 aliphatic heterocycles. The average molecular weight is 335 g/mol. The fourth-order valence-electron chi connectivity index (χ4n) is 1.52. The van der Waals surface area contributed by atoms with Gasteiger partial charge in [0.15, 0.2) is 0 Å². The molecule has 4 nitrogen and oxygen atoms in total. The smallest absolute Gasteiger partial charge is 0.466 e. The van der Waals surface area contributed by atoms with Crippen LogP contribution in [0.5, 0.6) is 5.88 Å². The quantitative estimate of drug-likeness (QED) is 0.481. The number of halogens is 7. The van der Waals surface area contributed by atoms with Crippen LogP contribution in [-0.4, -0.2) is 23.9 Å². The molecule has 0 spiro atoms. The van der Waals surface area contributed by atoms with Gasteiger partial charge in [-0.3, -0.25) is 4.79 Å². The summed E-state index contributed by atoms with van der Waals surface area (Å²) in [5, 5.41) is 0. The normalized spacial score (nSPS) is 12.2. The summed E-state index contributed by atoms with van der Waals surface area (Å²) in [6, 6.07) is 0.191. The lowest BCUT2D eigenvalue weighted by atomic mass is 10.1. The van der Waals surface area contributed by atoms with E-state index in [1.54, 1.807) is 0 Å². The summed E-state index contributed by atoms with van der Waals surface area (Å²) in [5.41, 5.74) is -3.02. The lowest BCUT2D eigenvalue weighted by molar-refractivity contribution is -0.276. The minimum Gasteiger partial charge on any atom is -0.466 e. The van der Waals surface area contributed by atoms with E-state index < -0.39 is 47.9 Å². The van der Waals surface area contributed by atoms with E-state index in [-0.39, 0.29) is 12.7 Å². The lowest BCUT2D eigenvalue weighted by Gasteiger charge is -2.15. The zero-order valence-electron chi connectivity index (χ0n) is 10.8. The molecule has 0 aromatic carbocycles. The van der Waals surface area contributed by atoms with Crippen LogP contribution in [0, 0.1) is 5.95 Å². The summed E-state index contributed by atoms with van der Waals surface area (Å²) in [5.74, 6) is -4.84. The van der Waals surface area contributed by atoms with Crippen LogP contribution < -0.4 is 4.74 Å². The molecule has 0 saturated heterocycles. The fraction of sp³-hybridized carbons (Fsp3) is 0.455. The van der Waals surface area contributed by atoms with E-state index in [0.29, 0.717) is 0 Å². The van der Waals surface area contributed by atoms with Crippen LogP contribution in [0.3, 0.4) is 0 Å². The zero-order chi connectivity index (χ0) is 17.1. The average Bonchev–Trinajstić information content (AvgIpc) is 2.23. The Bertz CT molecular complexity index is 554. The van der Waals surface area contributed by atoms with Crippen molar-refractivity contribution in [3.05, 3.63) is 23.1 Å². The second-order valence-corrected chi connectivity index (χ2v) is 3.81. The monoisotopic (exact) mass is 335 g/mol. The van der Waals surface area contributed by atoms with Gasteiger partial charge in [-0.25, -0.2) is 0 Å². The number of ether oxygens (including phenoxy) is 2. The van der Waals surface area contributed by atoms with Crippen molar-refractivity contribution >= 4 is 5.97 Å². The molecule has 0 fully saturated rings. The summed E-state index contributed by atoms with van der Waals surface area (Å²) in [6.45, 7) is 1.20. The number of hydrogen-bond acceptors (Lipinski definition) is 4. The summed E-state index contributed by atoms with van der Waals surface area (Å²) in [6.07, 6.45) is -11.6. The third-order valence-corrected chi connectivity index (χ3v) is 2.18. The number of carbonyl (C=O) groups is 1. The Kier molecular flexibility index (Phi) is 5.20. The third-order valence-electron chi connectivity index (χ3n) is 2.18. The molecule has 22 heavy (non-hydrogen) atoms. The Labute approximate surface area is 118 Å². The maximum atomic E-state index is 13.4. The molecule has 1 aromatic rings. The van der Waals surface area contributed by atoms with Gasteiger partial charge in [-0.2, -0.15) is 22.5 Å². The number of pyridine rings is 1. The lowest BCUT2D eigenvalue weighted by Crippen LogP contribution is -2.21. The third kappa shape index (κ3) is 5.04. The van der Waals surface area contributed by atoms with Crippen LogP contribution in [-0.2, 0) is 22.1 Å². The van der Waals surface area contributed by atoms with Crippen molar-refractivity contribution in [1.82, 2.24) is 4.98 Å². The molecule has 0 aliphatic carbocycles. The molecule has 0 unspecified atom stereocenters. The zero-order valence-corrected chi connectivity index (χ0v) is 10.8. The molecule has 1 heterocycles. The number of rotatable bonds is 4. The first kappa shape index (κ1) is 18.0. The molecule has 0 amide bonds. The summed E-state index contributed by atoms with van der Waals surface area (Å²) < 4.78 is 95.3. The van der Waals surface area contributed by atoms with Crippen LogP contribution in [0.1, 0.15) is 18.1 Å². The maximum absolute atomic E-state index is 13.4. The number of esters is 1. The van der Waals surface area contributed by atoms with Gasteiger partial charge < -0.3 is 9.47 Å². The number of alkyl halides is 6. The van der Waals surface area contributed by atoms with Gasteiger partial charge in [-0.1, -0.05) is 0 Å². The van der Waals surface area contributed by atoms with Crippen LogP contribution >= 0.6 is 0 Å². The standard InChI is InChI=1S/C11H8F7NO3/c1-2-21-7(20)4-5-3-6(22-11(16,17)18)19-9(12)8(5)10(13,14)15/h3H,2,4H2,1H3. The molecule has 1 aromatic heterocycles. The number of aromatic nitrogens is 1. The second kappa shape index (κ2) is 6.36.